The molecule has 2 aliphatic rings. The molecule has 33 heavy (non-hydrogen) atoms. The number of amides is 2. The molecule has 2 amide bonds. The highest BCUT2D eigenvalue weighted by Gasteiger charge is 2.28. The van der Waals surface area contributed by atoms with E-state index in [9.17, 15) is 14.4 Å². The summed E-state index contributed by atoms with van der Waals surface area (Å²) in [6.45, 7) is 3.63. The number of fused-ring (bicyclic) bond motifs is 1. The van der Waals surface area contributed by atoms with Gasteiger partial charge in [0.1, 0.15) is 0 Å². The van der Waals surface area contributed by atoms with Crippen molar-refractivity contribution in [3.8, 4) is 11.5 Å². The standard InChI is InChI=1S/C24H27N3O6/c1-2-31-24(30)16-6-5-11-27(13-16)14-22(28)26-19-8-4-3-7-18(19)23(29)25-17-9-10-20-21(12-17)33-15-32-20/h3-4,7-10,12,16H,2,5-6,11,13-15H2,1H3,(H,25,29)(H,26,28). The van der Waals surface area contributed by atoms with E-state index in [0.717, 1.165) is 19.4 Å². The van der Waals surface area contributed by atoms with Gasteiger partial charge in [-0.05, 0) is 50.6 Å². The van der Waals surface area contributed by atoms with Gasteiger partial charge < -0.3 is 24.8 Å². The van der Waals surface area contributed by atoms with E-state index in [1.54, 1.807) is 49.4 Å². The average molecular weight is 453 g/mol. The molecule has 2 aromatic rings. The number of benzene rings is 2. The number of nitrogens with zero attached hydrogens (tertiary/aromatic N) is 1. The van der Waals surface area contributed by atoms with Gasteiger partial charge in [0.15, 0.2) is 11.5 Å². The van der Waals surface area contributed by atoms with Gasteiger partial charge in [-0.1, -0.05) is 12.1 Å². The second kappa shape index (κ2) is 10.4. The van der Waals surface area contributed by atoms with Crippen LogP contribution < -0.4 is 20.1 Å². The van der Waals surface area contributed by atoms with Crippen LogP contribution in [0.25, 0.3) is 0 Å². The summed E-state index contributed by atoms with van der Waals surface area (Å²) in [6.07, 6.45) is 1.59. The molecule has 1 fully saturated rings. The van der Waals surface area contributed by atoms with Crippen molar-refractivity contribution in [3.05, 3.63) is 48.0 Å². The Morgan fingerprint density at radius 3 is 2.76 bits per heavy atom. The quantitative estimate of drug-likeness (QED) is 0.621. The maximum Gasteiger partial charge on any atom is 0.310 e. The molecule has 0 aliphatic carbocycles. The molecule has 1 atom stereocenters. The Morgan fingerprint density at radius 2 is 1.91 bits per heavy atom. The molecule has 0 saturated carbocycles. The zero-order valence-electron chi connectivity index (χ0n) is 18.5. The lowest BCUT2D eigenvalue weighted by Crippen LogP contribution is -2.43. The Morgan fingerprint density at radius 1 is 1.09 bits per heavy atom. The molecule has 1 saturated heterocycles. The van der Waals surface area contributed by atoms with Crippen molar-refractivity contribution >= 4 is 29.2 Å². The summed E-state index contributed by atoms with van der Waals surface area (Å²) in [6, 6.07) is 12.0. The molecule has 2 aromatic carbocycles. The number of likely N-dealkylation sites (tertiary alicyclic amines) is 1. The Hall–Kier alpha value is -3.59. The van der Waals surface area contributed by atoms with Crippen LogP contribution >= 0.6 is 0 Å². The van der Waals surface area contributed by atoms with Crippen LogP contribution in [0.4, 0.5) is 11.4 Å². The predicted octanol–water partition coefficient (Wildman–Crippen LogP) is 2.88. The molecule has 4 rings (SSSR count). The lowest BCUT2D eigenvalue weighted by atomic mass is 9.98. The summed E-state index contributed by atoms with van der Waals surface area (Å²) >= 11 is 0. The number of carbonyl (C=O) groups excluding carboxylic acids is 3. The lowest BCUT2D eigenvalue weighted by molar-refractivity contribution is -0.150. The fourth-order valence-electron chi connectivity index (χ4n) is 4.01. The van der Waals surface area contributed by atoms with Gasteiger partial charge in [0.2, 0.25) is 12.7 Å². The van der Waals surface area contributed by atoms with Crippen molar-refractivity contribution in [2.45, 2.75) is 19.8 Å². The second-order valence-corrected chi connectivity index (χ2v) is 7.94. The maximum absolute atomic E-state index is 12.9. The maximum atomic E-state index is 12.9. The third-order valence-corrected chi connectivity index (χ3v) is 5.57. The van der Waals surface area contributed by atoms with E-state index in [1.807, 2.05) is 4.90 Å². The zero-order valence-corrected chi connectivity index (χ0v) is 18.5. The van der Waals surface area contributed by atoms with Crippen molar-refractivity contribution in [2.75, 3.05) is 43.7 Å². The van der Waals surface area contributed by atoms with Crippen LogP contribution in [0, 0.1) is 5.92 Å². The second-order valence-electron chi connectivity index (χ2n) is 7.94. The third-order valence-electron chi connectivity index (χ3n) is 5.57. The van der Waals surface area contributed by atoms with Gasteiger partial charge in [0, 0.05) is 18.3 Å². The van der Waals surface area contributed by atoms with E-state index in [-0.39, 0.29) is 37.0 Å². The van der Waals surface area contributed by atoms with Crippen molar-refractivity contribution in [1.82, 2.24) is 4.90 Å². The first-order valence-corrected chi connectivity index (χ1v) is 11.0. The van der Waals surface area contributed by atoms with Gasteiger partial charge in [-0.15, -0.1) is 0 Å². The number of carbonyl (C=O) groups is 3. The van der Waals surface area contributed by atoms with Crippen LogP contribution in [-0.4, -0.2) is 55.7 Å². The number of hydrogen-bond acceptors (Lipinski definition) is 7. The number of esters is 1. The lowest BCUT2D eigenvalue weighted by Gasteiger charge is -2.30. The molecule has 2 aliphatic heterocycles. The summed E-state index contributed by atoms with van der Waals surface area (Å²) in [5, 5.41) is 5.66. The SMILES string of the molecule is CCOC(=O)C1CCCN(CC(=O)Nc2ccccc2C(=O)Nc2ccc3c(c2)OCO3)C1. The summed E-state index contributed by atoms with van der Waals surface area (Å²) in [5.74, 6) is 0.160. The summed E-state index contributed by atoms with van der Waals surface area (Å²) in [7, 11) is 0. The van der Waals surface area contributed by atoms with Crippen LogP contribution in [0.3, 0.4) is 0 Å². The van der Waals surface area contributed by atoms with E-state index < -0.39 is 0 Å². The third kappa shape index (κ3) is 5.61. The minimum Gasteiger partial charge on any atom is -0.466 e. The monoisotopic (exact) mass is 453 g/mol. The number of piperidine rings is 1. The minimum absolute atomic E-state index is 0.133. The largest absolute Gasteiger partial charge is 0.466 e. The summed E-state index contributed by atoms with van der Waals surface area (Å²) < 4.78 is 15.8. The Kier molecular flexibility index (Phi) is 7.09. The fraction of sp³-hybridized carbons (Fsp3) is 0.375. The van der Waals surface area contributed by atoms with E-state index in [1.165, 1.54) is 0 Å². The van der Waals surface area contributed by atoms with Crippen LogP contribution in [0.5, 0.6) is 11.5 Å². The number of para-hydroxylation sites is 1. The molecular formula is C24H27N3O6. The van der Waals surface area contributed by atoms with Crippen LogP contribution in [0.1, 0.15) is 30.1 Å². The molecule has 9 nitrogen and oxygen atoms in total. The molecule has 1 unspecified atom stereocenters. The van der Waals surface area contributed by atoms with E-state index in [4.69, 9.17) is 14.2 Å². The molecule has 2 N–H and O–H groups in total. The van der Waals surface area contributed by atoms with Gasteiger partial charge in [0.25, 0.3) is 5.91 Å². The highest BCUT2D eigenvalue weighted by molar-refractivity contribution is 6.10. The van der Waals surface area contributed by atoms with Gasteiger partial charge >= 0.3 is 5.97 Å². The van der Waals surface area contributed by atoms with Gasteiger partial charge in [-0.25, -0.2) is 0 Å². The zero-order chi connectivity index (χ0) is 23.2. The first kappa shape index (κ1) is 22.6. The molecule has 9 heteroatoms. The smallest absolute Gasteiger partial charge is 0.310 e. The molecule has 0 aromatic heterocycles. The number of rotatable bonds is 7. The highest BCUT2D eigenvalue weighted by Crippen LogP contribution is 2.34. The Bertz CT molecular complexity index is 1040. The van der Waals surface area contributed by atoms with Crippen LogP contribution in [0.15, 0.2) is 42.5 Å². The molecule has 0 radical (unpaired) electrons. The van der Waals surface area contributed by atoms with Crippen LogP contribution in [0.2, 0.25) is 0 Å². The molecule has 2 heterocycles. The molecular weight excluding hydrogens is 426 g/mol. The first-order chi connectivity index (χ1) is 16.0. The molecule has 0 bridgehead atoms. The minimum atomic E-state index is -0.356. The Labute approximate surface area is 192 Å². The molecule has 174 valence electrons. The molecule has 0 spiro atoms. The topological polar surface area (TPSA) is 106 Å². The number of ether oxygens (including phenoxy) is 3. The number of hydrogen-bond donors (Lipinski definition) is 2. The Balaban J connectivity index is 1.37. The van der Waals surface area contributed by atoms with Crippen molar-refractivity contribution in [2.24, 2.45) is 5.92 Å². The number of nitrogens with one attached hydrogen (secondary N) is 2. The van der Waals surface area contributed by atoms with E-state index in [0.29, 0.717) is 41.6 Å². The van der Waals surface area contributed by atoms with Gasteiger partial charge in [-0.2, -0.15) is 0 Å². The number of anilines is 2. The first-order valence-electron chi connectivity index (χ1n) is 11.0. The summed E-state index contributed by atoms with van der Waals surface area (Å²) in [5.41, 5.74) is 1.31. The average Bonchev–Trinajstić information content (AvgIpc) is 3.27. The highest BCUT2D eigenvalue weighted by atomic mass is 16.7. The van der Waals surface area contributed by atoms with Crippen molar-refractivity contribution in [1.29, 1.82) is 0 Å². The van der Waals surface area contributed by atoms with Crippen LogP contribution in [-0.2, 0) is 14.3 Å². The normalized spacial score (nSPS) is 17.3. The predicted molar refractivity (Wildman–Crippen MR) is 121 cm³/mol. The summed E-state index contributed by atoms with van der Waals surface area (Å²) in [4.78, 5) is 39.6. The van der Waals surface area contributed by atoms with Gasteiger partial charge in [0.05, 0.1) is 30.3 Å². The van der Waals surface area contributed by atoms with Crippen molar-refractivity contribution in [3.63, 3.8) is 0 Å². The van der Waals surface area contributed by atoms with E-state index in [2.05, 4.69) is 10.6 Å². The van der Waals surface area contributed by atoms with Crippen molar-refractivity contribution < 1.29 is 28.6 Å². The van der Waals surface area contributed by atoms with Gasteiger partial charge in [-0.3, -0.25) is 19.3 Å². The van der Waals surface area contributed by atoms with E-state index >= 15 is 0 Å². The fourth-order valence-corrected chi connectivity index (χ4v) is 4.01.